The molecule has 0 bridgehead atoms. The summed E-state index contributed by atoms with van der Waals surface area (Å²) in [7, 11) is 0. The molecule has 1 aromatic rings. The van der Waals surface area contributed by atoms with Crippen LogP contribution >= 0.6 is 0 Å². The van der Waals surface area contributed by atoms with E-state index in [-0.39, 0.29) is 19.1 Å². The summed E-state index contributed by atoms with van der Waals surface area (Å²) in [6.45, 7) is 7.23. The number of alkyl halides is 3. The molecule has 1 aliphatic rings. The van der Waals surface area contributed by atoms with E-state index in [1.807, 2.05) is 6.92 Å². The third kappa shape index (κ3) is 6.83. The summed E-state index contributed by atoms with van der Waals surface area (Å²) in [5.74, 6) is -0.796. The smallest absolute Gasteiger partial charge is 0.444 e. The highest BCUT2D eigenvalue weighted by Gasteiger charge is 2.38. The van der Waals surface area contributed by atoms with Gasteiger partial charge >= 0.3 is 12.5 Å². The number of hydrogen-bond donors (Lipinski definition) is 0. The second-order valence-electron chi connectivity index (χ2n) is 7.95. The summed E-state index contributed by atoms with van der Waals surface area (Å²) >= 11 is 0. The Kier molecular flexibility index (Phi) is 7.02. The molecule has 1 fully saturated rings. The Labute approximate surface area is 168 Å². The number of piperazine rings is 1. The van der Waals surface area contributed by atoms with Crippen molar-refractivity contribution in [2.75, 3.05) is 18.0 Å². The molecule has 29 heavy (non-hydrogen) atoms. The van der Waals surface area contributed by atoms with E-state index in [0.717, 1.165) is 12.8 Å². The van der Waals surface area contributed by atoms with Gasteiger partial charge in [0.15, 0.2) is 0 Å². The molecule has 0 spiro atoms. The van der Waals surface area contributed by atoms with Gasteiger partial charge in [-0.25, -0.2) is 4.79 Å². The van der Waals surface area contributed by atoms with Gasteiger partial charge in [-0.05, 0) is 39.3 Å². The number of ether oxygens (including phenoxy) is 2. The molecule has 0 N–H and O–H groups in total. The maximum absolute atomic E-state index is 12.7. The standard InChI is InChI=1S/C20H27F3N2O4/c1-5-6-8-15-12-24(14-9-7-10-16(11-14)28-20(21,22)23)17(26)13-25(15)18(27)29-19(2,3)4/h7,9-11,15H,5-6,8,12-13H2,1-4H3/t15-/m0/s1. The first kappa shape index (κ1) is 22.8. The SMILES string of the molecule is CCCC[C@H]1CN(c2cccc(OC(F)(F)F)c2)C(=O)CN1C(=O)OC(C)(C)C. The van der Waals surface area contributed by atoms with Crippen LogP contribution < -0.4 is 9.64 Å². The molecular formula is C20H27F3N2O4. The van der Waals surface area contributed by atoms with Crippen molar-refractivity contribution in [2.45, 2.75) is 65.0 Å². The van der Waals surface area contributed by atoms with Crippen molar-refractivity contribution in [3.05, 3.63) is 24.3 Å². The Morgan fingerprint density at radius 1 is 1.24 bits per heavy atom. The highest BCUT2D eigenvalue weighted by atomic mass is 19.4. The molecule has 6 nitrogen and oxygen atoms in total. The van der Waals surface area contributed by atoms with Crippen LogP contribution in [0.25, 0.3) is 0 Å². The van der Waals surface area contributed by atoms with Crippen LogP contribution in [-0.4, -0.2) is 48.0 Å². The average molecular weight is 416 g/mol. The zero-order valence-electron chi connectivity index (χ0n) is 17.1. The van der Waals surface area contributed by atoms with E-state index in [9.17, 15) is 22.8 Å². The van der Waals surface area contributed by atoms with Crippen LogP contribution in [0, 0.1) is 0 Å². The second-order valence-corrected chi connectivity index (χ2v) is 7.95. The molecule has 162 valence electrons. The fourth-order valence-electron chi connectivity index (χ4n) is 3.09. The van der Waals surface area contributed by atoms with E-state index >= 15 is 0 Å². The van der Waals surface area contributed by atoms with E-state index in [1.54, 1.807) is 26.8 Å². The second kappa shape index (κ2) is 8.92. The Bertz CT molecular complexity index is 731. The third-order valence-corrected chi connectivity index (χ3v) is 4.32. The van der Waals surface area contributed by atoms with Crippen molar-refractivity contribution in [3.8, 4) is 5.75 Å². The van der Waals surface area contributed by atoms with Crippen molar-refractivity contribution in [3.63, 3.8) is 0 Å². The topological polar surface area (TPSA) is 59.1 Å². The van der Waals surface area contributed by atoms with Crippen LogP contribution in [0.4, 0.5) is 23.7 Å². The van der Waals surface area contributed by atoms with Gasteiger partial charge in [0, 0.05) is 18.3 Å². The minimum absolute atomic E-state index is 0.174. The van der Waals surface area contributed by atoms with Gasteiger partial charge in [0.25, 0.3) is 0 Å². The first-order valence-corrected chi connectivity index (χ1v) is 9.55. The largest absolute Gasteiger partial charge is 0.573 e. The van der Waals surface area contributed by atoms with Gasteiger partial charge in [-0.15, -0.1) is 13.2 Å². The lowest BCUT2D eigenvalue weighted by molar-refractivity contribution is -0.274. The summed E-state index contributed by atoms with van der Waals surface area (Å²) in [4.78, 5) is 28.1. The molecule has 9 heteroatoms. The van der Waals surface area contributed by atoms with Crippen LogP contribution in [0.3, 0.4) is 0 Å². The lowest BCUT2D eigenvalue weighted by Gasteiger charge is -2.41. The number of unbranched alkanes of at least 4 members (excludes halogenated alkanes) is 1. The molecule has 0 radical (unpaired) electrons. The van der Waals surface area contributed by atoms with Crippen molar-refractivity contribution in [1.29, 1.82) is 0 Å². The summed E-state index contributed by atoms with van der Waals surface area (Å²) in [5.41, 5.74) is -0.405. The Morgan fingerprint density at radius 2 is 1.93 bits per heavy atom. The lowest BCUT2D eigenvalue weighted by Crippen LogP contribution is -2.58. The molecule has 1 saturated heterocycles. The number of hydrogen-bond acceptors (Lipinski definition) is 4. The number of carbonyl (C=O) groups is 2. The predicted octanol–water partition coefficient (Wildman–Crippen LogP) is 4.73. The highest BCUT2D eigenvalue weighted by molar-refractivity contribution is 5.97. The average Bonchev–Trinajstić information content (AvgIpc) is 2.57. The lowest BCUT2D eigenvalue weighted by atomic mass is 10.0. The number of amides is 2. The summed E-state index contributed by atoms with van der Waals surface area (Å²) in [6.07, 6.45) is -2.99. The molecule has 1 aliphatic heterocycles. The van der Waals surface area contributed by atoms with Gasteiger partial charge in [-0.1, -0.05) is 25.8 Å². The third-order valence-electron chi connectivity index (χ3n) is 4.32. The van der Waals surface area contributed by atoms with Crippen LogP contribution in [0.5, 0.6) is 5.75 Å². The number of anilines is 1. The number of nitrogens with zero attached hydrogens (tertiary/aromatic N) is 2. The fourth-order valence-corrected chi connectivity index (χ4v) is 3.09. The van der Waals surface area contributed by atoms with Crippen LogP contribution in [0.15, 0.2) is 24.3 Å². The molecule has 2 amide bonds. The molecule has 1 atom stereocenters. The van der Waals surface area contributed by atoms with Gasteiger partial charge in [-0.3, -0.25) is 9.69 Å². The predicted molar refractivity (Wildman–Crippen MR) is 102 cm³/mol. The molecule has 0 saturated carbocycles. The van der Waals surface area contributed by atoms with Crippen LogP contribution in [0.2, 0.25) is 0 Å². The highest BCUT2D eigenvalue weighted by Crippen LogP contribution is 2.29. The Balaban J connectivity index is 2.23. The van der Waals surface area contributed by atoms with E-state index in [1.165, 1.54) is 28.0 Å². The molecule has 0 aromatic heterocycles. The van der Waals surface area contributed by atoms with Gasteiger partial charge in [0.1, 0.15) is 17.9 Å². The fraction of sp³-hybridized carbons (Fsp3) is 0.600. The quantitative estimate of drug-likeness (QED) is 0.697. The van der Waals surface area contributed by atoms with Crippen LogP contribution in [0.1, 0.15) is 47.0 Å². The van der Waals surface area contributed by atoms with Gasteiger partial charge < -0.3 is 14.4 Å². The summed E-state index contributed by atoms with van der Waals surface area (Å²) in [6, 6.07) is 4.99. The number of benzene rings is 1. The summed E-state index contributed by atoms with van der Waals surface area (Å²) in [5, 5.41) is 0. The first-order valence-electron chi connectivity index (χ1n) is 9.55. The van der Waals surface area contributed by atoms with E-state index in [2.05, 4.69) is 4.74 Å². The summed E-state index contributed by atoms with van der Waals surface area (Å²) < 4.78 is 46.9. The molecule has 1 aromatic carbocycles. The van der Waals surface area contributed by atoms with Crippen molar-refractivity contribution >= 4 is 17.7 Å². The maximum atomic E-state index is 12.7. The monoisotopic (exact) mass is 416 g/mol. The van der Waals surface area contributed by atoms with Crippen molar-refractivity contribution in [1.82, 2.24) is 4.90 Å². The molecule has 1 heterocycles. The number of rotatable bonds is 5. The normalized spacial score (nSPS) is 18.0. The minimum Gasteiger partial charge on any atom is -0.444 e. The Morgan fingerprint density at radius 3 is 2.52 bits per heavy atom. The van der Waals surface area contributed by atoms with Crippen LogP contribution in [-0.2, 0) is 9.53 Å². The van der Waals surface area contributed by atoms with Gasteiger partial charge in [0.2, 0.25) is 5.91 Å². The van der Waals surface area contributed by atoms with Crippen molar-refractivity contribution in [2.24, 2.45) is 0 Å². The number of carbonyl (C=O) groups excluding carboxylic acids is 2. The Hall–Kier alpha value is -2.45. The van der Waals surface area contributed by atoms with E-state index in [4.69, 9.17) is 4.74 Å². The van der Waals surface area contributed by atoms with Crippen molar-refractivity contribution < 1.29 is 32.2 Å². The van der Waals surface area contributed by atoms with E-state index < -0.39 is 29.7 Å². The molecule has 2 rings (SSSR count). The molecular weight excluding hydrogens is 389 g/mol. The van der Waals surface area contributed by atoms with Gasteiger partial charge in [-0.2, -0.15) is 0 Å². The molecule has 0 aliphatic carbocycles. The maximum Gasteiger partial charge on any atom is 0.573 e. The van der Waals surface area contributed by atoms with Gasteiger partial charge in [0.05, 0.1) is 6.04 Å². The first-order chi connectivity index (χ1) is 13.4. The zero-order chi connectivity index (χ0) is 21.8. The zero-order valence-corrected chi connectivity index (χ0v) is 17.1. The number of halogens is 3. The van der Waals surface area contributed by atoms with E-state index in [0.29, 0.717) is 12.1 Å². The minimum atomic E-state index is -4.82. The molecule has 0 unspecified atom stereocenters.